The van der Waals surface area contributed by atoms with Gasteiger partial charge < -0.3 is 0 Å². The fourth-order valence-electron chi connectivity index (χ4n) is 1.74. The van der Waals surface area contributed by atoms with E-state index in [4.69, 9.17) is 4.43 Å². The molecule has 1 atom stereocenters. The van der Waals surface area contributed by atoms with Crippen LogP contribution >= 0.6 is 0 Å². The monoisotopic (exact) mass is 249 g/mol. The summed E-state index contributed by atoms with van der Waals surface area (Å²) in [7, 11) is -4.68. The number of hydrogen-bond acceptors (Lipinski definition) is 3. The Labute approximate surface area is 93.6 Å². The maximum atomic E-state index is 11.3. The fourth-order valence-corrected chi connectivity index (χ4v) is 3.85. The standard InChI is InChI=1S/C10H21O3SSi/c1-14(11,12)10-7-5-9(6-8-10)13-15(2,3)4/h5,10,15H,6-8H2,1-4H3/q-1. The van der Waals surface area contributed by atoms with Gasteiger partial charge in [-0.15, -0.1) is 0 Å². The molecule has 0 spiro atoms. The molecule has 3 nitrogen and oxygen atoms in total. The second kappa shape index (κ2) is 4.29. The van der Waals surface area contributed by atoms with Crippen molar-refractivity contribution >= 4 is 18.2 Å². The van der Waals surface area contributed by atoms with Crippen LogP contribution in [0, 0.1) is 0 Å². The van der Waals surface area contributed by atoms with Crippen LogP contribution in [0.15, 0.2) is 11.8 Å². The van der Waals surface area contributed by atoms with Crippen LogP contribution in [0.5, 0.6) is 0 Å². The molecule has 1 aliphatic rings. The van der Waals surface area contributed by atoms with Gasteiger partial charge >= 0.3 is 93.2 Å². The predicted molar refractivity (Wildman–Crippen MR) is 66.4 cm³/mol. The molecule has 0 saturated carbocycles. The molecule has 0 amide bonds. The van der Waals surface area contributed by atoms with E-state index in [9.17, 15) is 8.42 Å². The molecule has 0 radical (unpaired) electrons. The van der Waals surface area contributed by atoms with Gasteiger partial charge in [0.1, 0.15) is 0 Å². The van der Waals surface area contributed by atoms with Crippen molar-refractivity contribution in [3.8, 4) is 0 Å². The number of sulfone groups is 1. The molecule has 0 aromatic rings. The first-order valence-electron chi connectivity index (χ1n) is 5.52. The van der Waals surface area contributed by atoms with E-state index in [1.807, 2.05) is 6.08 Å². The molecule has 0 aromatic carbocycles. The molecule has 0 bridgehead atoms. The normalized spacial score (nSPS) is 24.5. The summed E-state index contributed by atoms with van der Waals surface area (Å²) in [6.45, 7) is 6.49. The van der Waals surface area contributed by atoms with Crippen molar-refractivity contribution < 1.29 is 12.8 Å². The molecule has 15 heavy (non-hydrogen) atoms. The Morgan fingerprint density at radius 2 is 2.00 bits per heavy atom. The van der Waals surface area contributed by atoms with Crippen molar-refractivity contribution in [3.05, 3.63) is 11.8 Å². The van der Waals surface area contributed by atoms with Gasteiger partial charge in [0.2, 0.25) is 0 Å². The SMILES string of the molecule is C[SiH-](C)(C)OC1=CCC(S(C)(=O)=O)CC1. The summed E-state index contributed by atoms with van der Waals surface area (Å²) in [5.41, 5.74) is 0. The molecule has 0 fully saturated rings. The van der Waals surface area contributed by atoms with Crippen LogP contribution in [-0.2, 0) is 14.3 Å². The van der Waals surface area contributed by atoms with Gasteiger partial charge in [0.15, 0.2) is 0 Å². The molecule has 0 heterocycles. The first kappa shape index (κ1) is 12.8. The first-order valence-corrected chi connectivity index (χ1v) is 11.4. The average molecular weight is 249 g/mol. The minimum atomic E-state index is -2.88. The molecule has 0 saturated heterocycles. The van der Waals surface area contributed by atoms with Crippen molar-refractivity contribution in [2.24, 2.45) is 0 Å². The topological polar surface area (TPSA) is 43.4 Å². The van der Waals surface area contributed by atoms with Crippen molar-refractivity contribution in [2.45, 2.75) is 44.2 Å². The van der Waals surface area contributed by atoms with E-state index in [2.05, 4.69) is 19.6 Å². The predicted octanol–water partition coefficient (Wildman–Crippen LogP) is 2.05. The van der Waals surface area contributed by atoms with Crippen molar-refractivity contribution in [3.63, 3.8) is 0 Å². The average Bonchev–Trinajstić information content (AvgIpc) is 2.00. The van der Waals surface area contributed by atoms with Crippen LogP contribution in [-0.4, -0.2) is 28.2 Å². The Hall–Kier alpha value is -0.293. The number of hydrogen-bond donors (Lipinski definition) is 0. The van der Waals surface area contributed by atoms with Crippen LogP contribution in [0.4, 0.5) is 0 Å². The van der Waals surface area contributed by atoms with Crippen LogP contribution < -0.4 is 0 Å². The van der Waals surface area contributed by atoms with Gasteiger partial charge in [-0.05, 0) is 0 Å². The Morgan fingerprint density at radius 1 is 1.40 bits per heavy atom. The summed E-state index contributed by atoms with van der Waals surface area (Å²) in [6, 6.07) is 0. The third kappa shape index (κ3) is 4.38. The Kier molecular flexibility index (Phi) is 3.66. The molecular weight excluding hydrogens is 228 g/mol. The zero-order valence-corrected chi connectivity index (χ0v) is 12.0. The summed E-state index contributed by atoms with van der Waals surface area (Å²) in [4.78, 5) is 0. The minimum absolute atomic E-state index is 0.199. The molecule has 1 aliphatic carbocycles. The molecule has 0 N–H and O–H groups in total. The van der Waals surface area contributed by atoms with Crippen molar-refractivity contribution in [2.75, 3.05) is 6.26 Å². The second-order valence-corrected chi connectivity index (χ2v) is 12.9. The molecule has 90 valence electrons. The number of rotatable bonds is 3. The van der Waals surface area contributed by atoms with E-state index in [0.717, 1.165) is 12.2 Å². The third-order valence-corrected chi connectivity index (χ3v) is 5.08. The third-order valence-electron chi connectivity index (χ3n) is 2.43. The quantitative estimate of drug-likeness (QED) is 0.719. The van der Waals surface area contributed by atoms with Crippen molar-refractivity contribution in [1.29, 1.82) is 0 Å². The van der Waals surface area contributed by atoms with Gasteiger partial charge in [-0.2, -0.15) is 0 Å². The van der Waals surface area contributed by atoms with Crippen molar-refractivity contribution in [1.82, 2.24) is 0 Å². The first-order chi connectivity index (χ1) is 6.68. The van der Waals surface area contributed by atoms with Gasteiger partial charge in [-0.3, -0.25) is 0 Å². The molecule has 0 aromatic heterocycles. The van der Waals surface area contributed by atoms with Crippen LogP contribution in [0.3, 0.4) is 0 Å². The zero-order chi connectivity index (χ0) is 11.7. The summed E-state index contributed by atoms with van der Waals surface area (Å²) < 4.78 is 28.5. The Bertz CT molecular complexity index is 351. The second-order valence-electron chi connectivity index (χ2n) is 5.45. The summed E-state index contributed by atoms with van der Waals surface area (Å²) in [5, 5.41) is -0.199. The van der Waals surface area contributed by atoms with E-state index in [1.165, 1.54) is 6.26 Å². The summed E-state index contributed by atoms with van der Waals surface area (Å²) in [5.74, 6) is 1.01. The van der Waals surface area contributed by atoms with E-state index >= 15 is 0 Å². The van der Waals surface area contributed by atoms with E-state index in [1.54, 1.807) is 0 Å². The van der Waals surface area contributed by atoms with Crippen LogP contribution in [0.1, 0.15) is 19.3 Å². The Morgan fingerprint density at radius 3 is 2.33 bits per heavy atom. The van der Waals surface area contributed by atoms with E-state index in [0.29, 0.717) is 12.8 Å². The Balaban J connectivity index is 2.60. The van der Waals surface area contributed by atoms with Crippen LogP contribution in [0.25, 0.3) is 0 Å². The van der Waals surface area contributed by atoms with Crippen LogP contribution in [0.2, 0.25) is 19.6 Å². The van der Waals surface area contributed by atoms with Gasteiger partial charge in [0.25, 0.3) is 0 Å². The zero-order valence-electron chi connectivity index (χ0n) is 9.99. The molecular formula is C10H21O3SSi-. The van der Waals surface area contributed by atoms with Gasteiger partial charge in [0.05, 0.1) is 0 Å². The molecule has 1 unspecified atom stereocenters. The summed E-state index contributed by atoms with van der Waals surface area (Å²) >= 11 is 0. The van der Waals surface area contributed by atoms with E-state index in [-0.39, 0.29) is 5.25 Å². The van der Waals surface area contributed by atoms with Gasteiger partial charge in [-0.1, -0.05) is 0 Å². The molecule has 1 rings (SSSR count). The van der Waals surface area contributed by atoms with E-state index < -0.39 is 18.2 Å². The van der Waals surface area contributed by atoms with Gasteiger partial charge in [0, 0.05) is 0 Å². The summed E-state index contributed by atoms with van der Waals surface area (Å²) in [6.07, 6.45) is 5.37. The molecule has 0 aliphatic heterocycles. The van der Waals surface area contributed by atoms with Gasteiger partial charge in [-0.25, -0.2) is 0 Å². The fraction of sp³-hybridized carbons (Fsp3) is 0.800. The molecule has 5 heteroatoms. The maximum absolute atomic E-state index is 11.3. The number of allylic oxidation sites excluding steroid dienone is 2.